The van der Waals surface area contributed by atoms with Crippen LogP contribution >= 0.6 is 11.3 Å². The molecule has 1 fully saturated rings. The van der Waals surface area contributed by atoms with Crippen LogP contribution in [0.4, 0.5) is 17.6 Å². The lowest BCUT2D eigenvalue weighted by Crippen LogP contribution is -2.25. The molecule has 29 heavy (non-hydrogen) atoms. The lowest BCUT2D eigenvalue weighted by Gasteiger charge is -2.23. The fourth-order valence-corrected chi connectivity index (χ4v) is 4.15. The van der Waals surface area contributed by atoms with Crippen molar-refractivity contribution in [3.8, 4) is 10.7 Å². The Morgan fingerprint density at radius 1 is 1.21 bits per heavy atom. The first-order chi connectivity index (χ1) is 14.2. The van der Waals surface area contributed by atoms with Crippen molar-refractivity contribution in [2.45, 2.75) is 32.7 Å². The van der Waals surface area contributed by atoms with Crippen LogP contribution in [0.1, 0.15) is 36.0 Å². The van der Waals surface area contributed by atoms with Gasteiger partial charge in [0.2, 0.25) is 5.95 Å². The summed E-state index contributed by atoms with van der Waals surface area (Å²) < 4.78 is 5.67. The van der Waals surface area contributed by atoms with Gasteiger partial charge in [0, 0.05) is 47.7 Å². The van der Waals surface area contributed by atoms with E-state index in [1.807, 2.05) is 37.4 Å². The van der Waals surface area contributed by atoms with Gasteiger partial charge < -0.3 is 14.7 Å². The summed E-state index contributed by atoms with van der Waals surface area (Å²) in [5.74, 6) is 2.93. The molecular weight excluding hydrogens is 388 g/mol. The summed E-state index contributed by atoms with van der Waals surface area (Å²) >= 11 is 1.55. The third-order valence-electron chi connectivity index (χ3n) is 4.82. The van der Waals surface area contributed by atoms with E-state index in [0.29, 0.717) is 11.8 Å². The standard InChI is InChI=1S/C19H20N8OS/c1-11-8-16(22-17-9-12(2)24-25-17)23-19(21-11)27-6-3-4-14(27)15-10-13(26-28-15)18-20-5-7-29-18/h5,7-10,14H,3-4,6H2,1-2H3,(H2,21,22,23,24,25)/t14-/m0/s1. The fraction of sp³-hybridized carbons (Fsp3) is 0.316. The summed E-state index contributed by atoms with van der Waals surface area (Å²) in [4.78, 5) is 15.9. The van der Waals surface area contributed by atoms with E-state index in [1.54, 1.807) is 17.5 Å². The minimum Gasteiger partial charge on any atom is -0.358 e. The molecule has 0 amide bonds. The highest BCUT2D eigenvalue weighted by molar-refractivity contribution is 7.13. The average molecular weight is 408 g/mol. The summed E-state index contributed by atoms with van der Waals surface area (Å²) in [7, 11) is 0. The van der Waals surface area contributed by atoms with Gasteiger partial charge in [0.25, 0.3) is 0 Å². The molecule has 10 heteroatoms. The first-order valence-electron chi connectivity index (χ1n) is 9.43. The number of thiazole rings is 1. The summed E-state index contributed by atoms with van der Waals surface area (Å²) in [6.07, 6.45) is 3.77. The highest BCUT2D eigenvalue weighted by Crippen LogP contribution is 2.36. The highest BCUT2D eigenvalue weighted by Gasteiger charge is 2.32. The molecule has 0 saturated carbocycles. The van der Waals surface area contributed by atoms with Gasteiger partial charge in [0.1, 0.15) is 16.5 Å². The van der Waals surface area contributed by atoms with Crippen LogP contribution in [0.25, 0.3) is 10.7 Å². The largest absolute Gasteiger partial charge is 0.358 e. The van der Waals surface area contributed by atoms with Gasteiger partial charge in [-0.2, -0.15) is 10.1 Å². The molecule has 0 radical (unpaired) electrons. The Balaban J connectivity index is 1.42. The average Bonchev–Trinajstić information content (AvgIpc) is 3.48. The van der Waals surface area contributed by atoms with Crippen molar-refractivity contribution in [3.05, 3.63) is 46.9 Å². The minimum absolute atomic E-state index is 0.0542. The molecule has 1 aliphatic rings. The summed E-state index contributed by atoms with van der Waals surface area (Å²) in [5.41, 5.74) is 2.64. The van der Waals surface area contributed by atoms with E-state index in [0.717, 1.165) is 53.1 Å². The zero-order valence-electron chi connectivity index (χ0n) is 16.1. The fourth-order valence-electron chi connectivity index (χ4n) is 3.56. The van der Waals surface area contributed by atoms with Crippen LogP contribution in [0.3, 0.4) is 0 Å². The van der Waals surface area contributed by atoms with Gasteiger partial charge in [-0.05, 0) is 26.7 Å². The van der Waals surface area contributed by atoms with E-state index in [4.69, 9.17) is 9.51 Å². The van der Waals surface area contributed by atoms with E-state index in [9.17, 15) is 0 Å². The minimum atomic E-state index is 0.0542. The zero-order chi connectivity index (χ0) is 19.8. The molecule has 5 rings (SSSR count). The van der Waals surface area contributed by atoms with Crippen molar-refractivity contribution in [2.75, 3.05) is 16.8 Å². The molecule has 148 valence electrons. The van der Waals surface area contributed by atoms with Crippen molar-refractivity contribution in [1.29, 1.82) is 0 Å². The number of nitrogens with zero attached hydrogens (tertiary/aromatic N) is 6. The zero-order valence-corrected chi connectivity index (χ0v) is 16.9. The second-order valence-electron chi connectivity index (χ2n) is 7.06. The summed E-state index contributed by atoms with van der Waals surface area (Å²) in [6.45, 7) is 4.79. The Bertz CT molecular complexity index is 1120. The van der Waals surface area contributed by atoms with Crippen molar-refractivity contribution in [2.24, 2.45) is 0 Å². The van der Waals surface area contributed by atoms with Crippen molar-refractivity contribution < 1.29 is 4.52 Å². The topological polar surface area (TPSA) is 109 Å². The molecule has 4 aromatic rings. The van der Waals surface area contributed by atoms with Crippen LogP contribution in [-0.4, -0.2) is 36.9 Å². The van der Waals surface area contributed by atoms with Crippen LogP contribution in [0.15, 0.2) is 34.3 Å². The van der Waals surface area contributed by atoms with Gasteiger partial charge >= 0.3 is 0 Å². The molecule has 4 aromatic heterocycles. The van der Waals surface area contributed by atoms with E-state index < -0.39 is 0 Å². The highest BCUT2D eigenvalue weighted by atomic mass is 32.1. The number of hydrogen-bond donors (Lipinski definition) is 2. The Morgan fingerprint density at radius 3 is 2.93 bits per heavy atom. The second kappa shape index (κ2) is 7.28. The van der Waals surface area contributed by atoms with E-state index in [1.165, 1.54) is 0 Å². The van der Waals surface area contributed by atoms with Crippen LogP contribution in [-0.2, 0) is 0 Å². The Kier molecular flexibility index (Phi) is 4.47. The van der Waals surface area contributed by atoms with Gasteiger partial charge in [-0.25, -0.2) is 9.97 Å². The van der Waals surface area contributed by atoms with Crippen molar-refractivity contribution in [1.82, 2.24) is 30.3 Å². The predicted molar refractivity (Wildman–Crippen MR) is 110 cm³/mol. The molecule has 0 spiro atoms. The maximum atomic E-state index is 5.67. The van der Waals surface area contributed by atoms with E-state index in [2.05, 4.69) is 35.5 Å². The third kappa shape index (κ3) is 3.58. The smallest absolute Gasteiger partial charge is 0.228 e. The molecule has 1 aliphatic heterocycles. The summed E-state index contributed by atoms with van der Waals surface area (Å²) in [6, 6.07) is 5.87. The first-order valence-corrected chi connectivity index (χ1v) is 10.3. The van der Waals surface area contributed by atoms with Gasteiger partial charge in [-0.3, -0.25) is 5.10 Å². The Hall–Kier alpha value is -3.27. The summed E-state index contributed by atoms with van der Waals surface area (Å²) in [5, 5.41) is 17.4. The molecule has 1 atom stereocenters. The van der Waals surface area contributed by atoms with Gasteiger partial charge in [-0.1, -0.05) is 5.16 Å². The normalized spacial score (nSPS) is 16.5. The van der Waals surface area contributed by atoms with Crippen LogP contribution in [0, 0.1) is 13.8 Å². The number of aromatic nitrogens is 6. The third-order valence-corrected chi connectivity index (χ3v) is 5.62. The van der Waals surface area contributed by atoms with Crippen molar-refractivity contribution in [3.63, 3.8) is 0 Å². The number of aryl methyl sites for hydroxylation is 2. The Morgan fingerprint density at radius 2 is 2.14 bits per heavy atom. The molecule has 0 unspecified atom stereocenters. The van der Waals surface area contributed by atoms with Crippen LogP contribution < -0.4 is 10.2 Å². The predicted octanol–water partition coefficient (Wildman–Crippen LogP) is 4.01. The molecule has 0 bridgehead atoms. The SMILES string of the molecule is Cc1cc(Nc2cc(C)[nH]n2)nc(N2CCC[C@H]2c2cc(-c3nccs3)no2)n1. The lowest BCUT2D eigenvalue weighted by atomic mass is 10.1. The molecule has 2 N–H and O–H groups in total. The molecule has 1 saturated heterocycles. The molecule has 0 aliphatic carbocycles. The maximum Gasteiger partial charge on any atom is 0.228 e. The monoisotopic (exact) mass is 408 g/mol. The maximum absolute atomic E-state index is 5.67. The van der Waals surface area contributed by atoms with Gasteiger partial charge in [-0.15, -0.1) is 11.3 Å². The van der Waals surface area contributed by atoms with E-state index in [-0.39, 0.29) is 6.04 Å². The van der Waals surface area contributed by atoms with Gasteiger partial charge in [0.15, 0.2) is 11.6 Å². The number of rotatable bonds is 5. The number of hydrogen-bond acceptors (Lipinski definition) is 9. The quantitative estimate of drug-likeness (QED) is 0.510. The molecule has 0 aromatic carbocycles. The van der Waals surface area contributed by atoms with Crippen LogP contribution in [0.5, 0.6) is 0 Å². The van der Waals surface area contributed by atoms with Crippen LogP contribution in [0.2, 0.25) is 0 Å². The first kappa shape index (κ1) is 17.8. The van der Waals surface area contributed by atoms with Crippen molar-refractivity contribution >= 4 is 28.9 Å². The van der Waals surface area contributed by atoms with E-state index >= 15 is 0 Å². The lowest BCUT2D eigenvalue weighted by molar-refractivity contribution is 0.362. The second-order valence-corrected chi connectivity index (χ2v) is 7.95. The number of aromatic amines is 1. The number of anilines is 3. The van der Waals surface area contributed by atoms with Gasteiger partial charge in [0.05, 0.1) is 6.04 Å². The molecule has 9 nitrogen and oxygen atoms in total. The molecule has 5 heterocycles. The molecular formula is C19H20N8OS. The number of nitrogens with one attached hydrogen (secondary N) is 2. The Labute approximate surface area is 171 Å². The number of H-pyrrole nitrogens is 1.